The van der Waals surface area contributed by atoms with Crippen molar-refractivity contribution in [1.82, 2.24) is 16.0 Å². The van der Waals surface area contributed by atoms with Crippen molar-refractivity contribution in [2.75, 3.05) is 13.7 Å². The molecule has 0 aromatic carbocycles. The summed E-state index contributed by atoms with van der Waals surface area (Å²) < 4.78 is 0. The number of hydrogen-bond donors (Lipinski definition) is 4. The highest BCUT2D eigenvalue weighted by molar-refractivity contribution is 5.96. The second kappa shape index (κ2) is 5.97. The Hall–Kier alpha value is -1.14. The third-order valence-corrected chi connectivity index (χ3v) is 3.24. The molecular weight excluding hydrogens is 222 g/mol. The molecule has 1 aliphatic carbocycles. The smallest absolute Gasteiger partial charge is 0.321 e. The molecule has 4 N–H and O–H groups in total. The number of rotatable bonds is 4. The lowest BCUT2D eigenvalue weighted by Gasteiger charge is -2.31. The second-order valence-electron chi connectivity index (χ2n) is 4.58. The highest BCUT2D eigenvalue weighted by atomic mass is 16.3. The molecule has 0 radical (unpaired) electrons. The van der Waals surface area contributed by atoms with Gasteiger partial charge in [0.25, 0.3) is 0 Å². The minimum absolute atomic E-state index is 0.0184. The van der Waals surface area contributed by atoms with E-state index in [4.69, 9.17) is 0 Å². The van der Waals surface area contributed by atoms with Crippen molar-refractivity contribution < 1.29 is 14.7 Å². The third-order valence-electron chi connectivity index (χ3n) is 3.24. The number of aliphatic hydroxyl groups excluding tert-OH is 1. The molecule has 0 bridgehead atoms. The van der Waals surface area contributed by atoms with Crippen molar-refractivity contribution in [1.29, 1.82) is 0 Å². The molecule has 17 heavy (non-hydrogen) atoms. The minimum atomic E-state index is -0.520. The topological polar surface area (TPSA) is 90.5 Å². The molecule has 98 valence electrons. The van der Waals surface area contributed by atoms with E-state index in [2.05, 4.69) is 16.0 Å². The zero-order valence-corrected chi connectivity index (χ0v) is 10.4. The van der Waals surface area contributed by atoms with Gasteiger partial charge >= 0.3 is 6.03 Å². The first-order valence-corrected chi connectivity index (χ1v) is 5.94. The summed E-state index contributed by atoms with van der Waals surface area (Å²) in [7, 11) is 1.45. The van der Waals surface area contributed by atoms with Gasteiger partial charge in [-0.2, -0.15) is 0 Å². The number of carbonyl (C=O) groups is 2. The van der Waals surface area contributed by atoms with Crippen LogP contribution < -0.4 is 16.0 Å². The summed E-state index contributed by atoms with van der Waals surface area (Å²) in [6.45, 7) is 1.71. The van der Waals surface area contributed by atoms with Crippen LogP contribution in [0.25, 0.3) is 0 Å². The molecule has 3 amide bonds. The molecule has 6 heteroatoms. The van der Waals surface area contributed by atoms with Crippen LogP contribution in [0.1, 0.15) is 32.6 Å². The molecule has 0 saturated heterocycles. The Labute approximate surface area is 101 Å². The molecule has 0 aromatic rings. The summed E-state index contributed by atoms with van der Waals surface area (Å²) >= 11 is 0. The number of urea groups is 1. The van der Waals surface area contributed by atoms with Crippen molar-refractivity contribution in [2.45, 2.75) is 44.2 Å². The first kappa shape index (κ1) is 13.9. The highest BCUT2D eigenvalue weighted by Gasteiger charge is 2.35. The minimum Gasteiger partial charge on any atom is -0.394 e. The van der Waals surface area contributed by atoms with Gasteiger partial charge < -0.3 is 10.4 Å². The molecule has 1 rings (SSSR count). The fourth-order valence-electron chi connectivity index (χ4n) is 2.21. The Kier molecular flexibility index (Phi) is 4.89. The van der Waals surface area contributed by atoms with Gasteiger partial charge in [0.1, 0.15) is 0 Å². The molecule has 0 aliphatic heterocycles. The molecule has 0 spiro atoms. The SMILES string of the molecule is CNC(=O)NC(=O)C(C)NC1(CO)CCCC1. The molecular formula is C11H21N3O3. The zero-order valence-electron chi connectivity index (χ0n) is 10.4. The van der Waals surface area contributed by atoms with E-state index in [1.165, 1.54) is 7.05 Å². The van der Waals surface area contributed by atoms with E-state index in [0.717, 1.165) is 25.7 Å². The molecule has 0 aromatic heterocycles. The van der Waals surface area contributed by atoms with Crippen LogP contribution >= 0.6 is 0 Å². The Balaban J connectivity index is 2.49. The Morgan fingerprint density at radius 1 is 1.35 bits per heavy atom. The summed E-state index contributed by atoms with van der Waals surface area (Å²) in [6, 6.07) is -1.02. The molecule has 1 saturated carbocycles. The van der Waals surface area contributed by atoms with Gasteiger partial charge in [0.05, 0.1) is 12.6 Å². The van der Waals surface area contributed by atoms with E-state index in [-0.39, 0.29) is 18.1 Å². The van der Waals surface area contributed by atoms with Crippen LogP contribution in [0.4, 0.5) is 4.79 Å². The predicted octanol–water partition coefficient (Wildman–Crippen LogP) is -0.275. The van der Waals surface area contributed by atoms with E-state index in [0.29, 0.717) is 0 Å². The summed E-state index contributed by atoms with van der Waals surface area (Å²) in [5.74, 6) is -0.385. The number of hydrogen-bond acceptors (Lipinski definition) is 4. The first-order valence-electron chi connectivity index (χ1n) is 5.94. The number of carbonyl (C=O) groups excluding carboxylic acids is 2. The summed E-state index contributed by atoms with van der Waals surface area (Å²) in [5.41, 5.74) is -0.362. The Morgan fingerprint density at radius 3 is 2.41 bits per heavy atom. The van der Waals surface area contributed by atoms with Crippen LogP contribution in [0, 0.1) is 0 Å². The number of amides is 3. The average Bonchev–Trinajstić information content (AvgIpc) is 2.77. The normalized spacial score (nSPS) is 19.7. The standard InChI is InChI=1S/C11H21N3O3/c1-8(9(16)13-10(17)12-2)14-11(7-15)5-3-4-6-11/h8,14-15H,3-7H2,1-2H3,(H2,12,13,16,17). The molecule has 1 aliphatic rings. The van der Waals surface area contributed by atoms with Crippen LogP contribution in [0.3, 0.4) is 0 Å². The van der Waals surface area contributed by atoms with Crippen LogP contribution in [0.15, 0.2) is 0 Å². The average molecular weight is 243 g/mol. The maximum Gasteiger partial charge on any atom is 0.321 e. The lowest BCUT2D eigenvalue weighted by atomic mass is 9.97. The summed E-state index contributed by atoms with van der Waals surface area (Å²) in [6.07, 6.45) is 3.83. The zero-order chi connectivity index (χ0) is 12.9. The molecule has 6 nitrogen and oxygen atoms in total. The fraction of sp³-hybridized carbons (Fsp3) is 0.818. The Bertz CT molecular complexity index is 288. The molecule has 1 fully saturated rings. The van der Waals surface area contributed by atoms with Gasteiger partial charge in [0, 0.05) is 12.6 Å². The van der Waals surface area contributed by atoms with Crippen LogP contribution in [0.5, 0.6) is 0 Å². The van der Waals surface area contributed by atoms with Crippen LogP contribution in [-0.2, 0) is 4.79 Å². The van der Waals surface area contributed by atoms with Crippen molar-refractivity contribution in [3.8, 4) is 0 Å². The predicted molar refractivity (Wildman–Crippen MR) is 63.5 cm³/mol. The lowest BCUT2D eigenvalue weighted by molar-refractivity contribution is -0.122. The molecule has 1 unspecified atom stereocenters. The maximum atomic E-state index is 11.6. The van der Waals surface area contributed by atoms with Gasteiger partial charge in [-0.05, 0) is 19.8 Å². The Morgan fingerprint density at radius 2 is 1.94 bits per heavy atom. The lowest BCUT2D eigenvalue weighted by Crippen LogP contribution is -2.56. The van der Waals surface area contributed by atoms with Crippen molar-refractivity contribution in [3.05, 3.63) is 0 Å². The number of imide groups is 1. The molecule has 0 heterocycles. The molecule has 1 atom stereocenters. The largest absolute Gasteiger partial charge is 0.394 e. The summed E-state index contributed by atoms with van der Waals surface area (Å²) in [4.78, 5) is 22.6. The quantitative estimate of drug-likeness (QED) is 0.547. The van der Waals surface area contributed by atoms with E-state index < -0.39 is 12.1 Å². The fourth-order valence-corrected chi connectivity index (χ4v) is 2.21. The number of aliphatic hydroxyl groups is 1. The summed E-state index contributed by atoms with van der Waals surface area (Å²) in [5, 5.41) is 17.1. The van der Waals surface area contributed by atoms with Gasteiger partial charge in [0.15, 0.2) is 0 Å². The first-order chi connectivity index (χ1) is 8.03. The van der Waals surface area contributed by atoms with E-state index in [1.807, 2.05) is 0 Å². The van der Waals surface area contributed by atoms with Gasteiger partial charge in [0.2, 0.25) is 5.91 Å². The maximum absolute atomic E-state index is 11.6. The van der Waals surface area contributed by atoms with E-state index >= 15 is 0 Å². The van der Waals surface area contributed by atoms with Crippen molar-refractivity contribution in [3.63, 3.8) is 0 Å². The van der Waals surface area contributed by atoms with Gasteiger partial charge in [-0.3, -0.25) is 15.4 Å². The van der Waals surface area contributed by atoms with Crippen molar-refractivity contribution in [2.24, 2.45) is 0 Å². The number of nitrogens with one attached hydrogen (secondary N) is 3. The second-order valence-corrected chi connectivity index (χ2v) is 4.58. The van der Waals surface area contributed by atoms with Gasteiger partial charge in [-0.25, -0.2) is 4.79 Å². The van der Waals surface area contributed by atoms with Gasteiger partial charge in [-0.15, -0.1) is 0 Å². The van der Waals surface area contributed by atoms with E-state index in [1.54, 1.807) is 6.92 Å². The third kappa shape index (κ3) is 3.67. The van der Waals surface area contributed by atoms with Crippen LogP contribution in [-0.4, -0.2) is 42.3 Å². The van der Waals surface area contributed by atoms with Crippen LogP contribution in [0.2, 0.25) is 0 Å². The highest BCUT2D eigenvalue weighted by Crippen LogP contribution is 2.29. The monoisotopic (exact) mass is 243 g/mol. The van der Waals surface area contributed by atoms with E-state index in [9.17, 15) is 14.7 Å². The van der Waals surface area contributed by atoms with Gasteiger partial charge in [-0.1, -0.05) is 12.8 Å². The van der Waals surface area contributed by atoms with Crippen molar-refractivity contribution >= 4 is 11.9 Å².